The lowest BCUT2D eigenvalue weighted by Gasteiger charge is -2.26. The Bertz CT molecular complexity index is 575. The van der Waals surface area contributed by atoms with Crippen molar-refractivity contribution in [2.75, 3.05) is 6.61 Å². The first-order chi connectivity index (χ1) is 10.4. The number of hydrogen-bond donors (Lipinski definition) is 0. The Kier molecular flexibility index (Phi) is 7.11. The van der Waals surface area contributed by atoms with Crippen LogP contribution in [-0.4, -0.2) is 18.4 Å². The lowest BCUT2D eigenvalue weighted by atomic mass is 9.78. The molecule has 0 aromatic heterocycles. The molecule has 120 valence electrons. The second kappa shape index (κ2) is 8.35. The van der Waals surface area contributed by atoms with Crippen LogP contribution >= 0.6 is 23.2 Å². The topological polar surface area (TPSA) is 43.4 Å². The van der Waals surface area contributed by atoms with Gasteiger partial charge < -0.3 is 4.74 Å². The number of carbonyl (C=O) groups excluding carboxylic acids is 2. The number of ketones is 1. The molecule has 0 unspecified atom stereocenters. The van der Waals surface area contributed by atoms with Crippen LogP contribution in [-0.2, 0) is 14.3 Å². The van der Waals surface area contributed by atoms with Gasteiger partial charge in [-0.1, -0.05) is 43.1 Å². The fourth-order valence-electron chi connectivity index (χ4n) is 2.22. The quantitative estimate of drug-likeness (QED) is 0.400. The van der Waals surface area contributed by atoms with E-state index in [1.54, 1.807) is 45.0 Å². The van der Waals surface area contributed by atoms with E-state index in [1.807, 2.05) is 0 Å². The molecule has 0 aliphatic heterocycles. The normalized spacial score (nSPS) is 11.7. The molecule has 0 fully saturated rings. The summed E-state index contributed by atoms with van der Waals surface area (Å²) in [7, 11) is 0. The number of hydrogen-bond acceptors (Lipinski definition) is 3. The fraction of sp³-hybridized carbons (Fsp3) is 0.412. The van der Waals surface area contributed by atoms with Crippen molar-refractivity contribution >= 4 is 41.0 Å². The zero-order valence-corrected chi connectivity index (χ0v) is 14.5. The summed E-state index contributed by atoms with van der Waals surface area (Å²) in [5.41, 5.74) is -0.463. The summed E-state index contributed by atoms with van der Waals surface area (Å²) >= 11 is 11.9. The maximum Gasteiger partial charge on any atom is 0.319 e. The van der Waals surface area contributed by atoms with Gasteiger partial charge in [0.1, 0.15) is 5.41 Å². The lowest BCUT2D eigenvalue weighted by Crippen LogP contribution is -2.38. The molecule has 0 aliphatic rings. The van der Waals surface area contributed by atoms with Crippen molar-refractivity contribution in [3.8, 4) is 0 Å². The van der Waals surface area contributed by atoms with Gasteiger partial charge in [0.05, 0.1) is 6.61 Å². The lowest BCUT2D eigenvalue weighted by molar-refractivity contribution is -0.159. The second-order valence-electron chi connectivity index (χ2n) is 4.87. The molecule has 5 heteroatoms. The molecule has 0 heterocycles. The van der Waals surface area contributed by atoms with Gasteiger partial charge in [0.15, 0.2) is 5.78 Å². The van der Waals surface area contributed by atoms with Gasteiger partial charge >= 0.3 is 5.97 Å². The standard InChI is InChI=1S/C17H20Cl2O3/c1-4-17(5-2,16(21)22-6-3)15(20)10-8-12-7-9-13(18)11-14(12)19/h7-11H,4-6H2,1-3H3. The predicted molar refractivity (Wildman–Crippen MR) is 90.2 cm³/mol. The highest BCUT2D eigenvalue weighted by atomic mass is 35.5. The molecule has 0 spiro atoms. The number of rotatable bonds is 7. The molecule has 0 atom stereocenters. The highest BCUT2D eigenvalue weighted by molar-refractivity contribution is 6.35. The number of halogens is 2. The molecule has 1 aromatic rings. The molecule has 1 rings (SSSR count). The van der Waals surface area contributed by atoms with Gasteiger partial charge in [0, 0.05) is 10.0 Å². The smallest absolute Gasteiger partial charge is 0.319 e. The van der Waals surface area contributed by atoms with E-state index in [9.17, 15) is 9.59 Å². The predicted octanol–water partition coefficient (Wildman–Crippen LogP) is 4.95. The van der Waals surface area contributed by atoms with E-state index in [0.717, 1.165) is 0 Å². The Morgan fingerprint density at radius 2 is 1.82 bits per heavy atom. The Morgan fingerprint density at radius 1 is 1.18 bits per heavy atom. The minimum absolute atomic E-state index is 0.251. The molecular weight excluding hydrogens is 323 g/mol. The maximum atomic E-state index is 12.5. The van der Waals surface area contributed by atoms with Crippen LogP contribution in [0.15, 0.2) is 24.3 Å². The Labute approximate surface area is 141 Å². The average molecular weight is 343 g/mol. The van der Waals surface area contributed by atoms with Gasteiger partial charge in [-0.05, 0) is 49.6 Å². The average Bonchev–Trinajstić information content (AvgIpc) is 2.48. The molecule has 0 bridgehead atoms. The number of allylic oxidation sites excluding steroid dienone is 1. The third-order valence-corrected chi connectivity index (χ3v) is 4.28. The third-order valence-electron chi connectivity index (χ3n) is 3.72. The first-order valence-electron chi connectivity index (χ1n) is 7.26. The monoisotopic (exact) mass is 342 g/mol. The zero-order valence-electron chi connectivity index (χ0n) is 13.0. The minimum Gasteiger partial charge on any atom is -0.465 e. The highest BCUT2D eigenvalue weighted by Crippen LogP contribution is 2.31. The van der Waals surface area contributed by atoms with Crippen molar-refractivity contribution in [3.05, 3.63) is 39.9 Å². The maximum absolute atomic E-state index is 12.5. The molecule has 0 saturated heterocycles. The van der Waals surface area contributed by atoms with Crippen LogP contribution in [0.5, 0.6) is 0 Å². The number of carbonyl (C=O) groups is 2. The van der Waals surface area contributed by atoms with Crippen molar-refractivity contribution in [1.29, 1.82) is 0 Å². The van der Waals surface area contributed by atoms with Crippen LogP contribution in [0.25, 0.3) is 6.08 Å². The molecule has 1 aromatic carbocycles. The summed E-state index contributed by atoms with van der Waals surface area (Å²) in [6, 6.07) is 5.01. The first kappa shape index (κ1) is 18.7. The van der Waals surface area contributed by atoms with Gasteiger partial charge in [-0.3, -0.25) is 9.59 Å². The molecule has 3 nitrogen and oxygen atoms in total. The summed E-state index contributed by atoms with van der Waals surface area (Å²) < 4.78 is 5.06. The molecule has 0 amide bonds. The SMILES string of the molecule is CCOC(=O)C(CC)(CC)C(=O)C=Cc1ccc(Cl)cc1Cl. The van der Waals surface area contributed by atoms with Gasteiger partial charge in [-0.15, -0.1) is 0 Å². The van der Waals surface area contributed by atoms with Gasteiger partial charge in [-0.2, -0.15) is 0 Å². The Morgan fingerprint density at radius 3 is 2.32 bits per heavy atom. The van der Waals surface area contributed by atoms with Crippen LogP contribution in [0.3, 0.4) is 0 Å². The van der Waals surface area contributed by atoms with E-state index in [-0.39, 0.29) is 12.4 Å². The molecule has 0 aliphatic carbocycles. The van der Waals surface area contributed by atoms with Crippen molar-refractivity contribution in [1.82, 2.24) is 0 Å². The highest BCUT2D eigenvalue weighted by Gasteiger charge is 2.42. The van der Waals surface area contributed by atoms with Crippen molar-refractivity contribution in [3.63, 3.8) is 0 Å². The summed E-state index contributed by atoms with van der Waals surface area (Å²) in [5, 5.41) is 0.975. The molecular formula is C17H20Cl2O3. The summed E-state index contributed by atoms with van der Waals surface area (Å²) in [6.45, 7) is 5.59. The van der Waals surface area contributed by atoms with Crippen LogP contribution < -0.4 is 0 Å². The second-order valence-corrected chi connectivity index (χ2v) is 5.72. The van der Waals surface area contributed by atoms with E-state index in [2.05, 4.69) is 0 Å². The number of ether oxygens (including phenoxy) is 1. The summed E-state index contributed by atoms with van der Waals surface area (Å²) in [6.07, 6.45) is 3.76. The van der Waals surface area contributed by atoms with Crippen molar-refractivity contribution in [2.24, 2.45) is 5.41 Å². The summed E-state index contributed by atoms with van der Waals surface area (Å²) in [4.78, 5) is 24.7. The van der Waals surface area contributed by atoms with Crippen LogP contribution in [0.2, 0.25) is 10.0 Å². The molecule has 0 radical (unpaired) electrons. The van der Waals surface area contributed by atoms with Crippen molar-refractivity contribution in [2.45, 2.75) is 33.6 Å². The molecule has 22 heavy (non-hydrogen) atoms. The van der Waals surface area contributed by atoms with E-state index in [4.69, 9.17) is 27.9 Å². The minimum atomic E-state index is -1.13. The van der Waals surface area contributed by atoms with Gasteiger partial charge in [0.25, 0.3) is 0 Å². The molecule has 0 saturated carbocycles. The largest absolute Gasteiger partial charge is 0.465 e. The third kappa shape index (κ3) is 4.11. The first-order valence-corrected chi connectivity index (χ1v) is 8.01. The van der Waals surface area contributed by atoms with E-state index in [0.29, 0.717) is 28.5 Å². The van der Waals surface area contributed by atoms with Gasteiger partial charge in [0.2, 0.25) is 0 Å². The van der Waals surface area contributed by atoms with E-state index in [1.165, 1.54) is 6.08 Å². The zero-order chi connectivity index (χ0) is 16.8. The van der Waals surface area contributed by atoms with E-state index >= 15 is 0 Å². The van der Waals surface area contributed by atoms with E-state index < -0.39 is 11.4 Å². The molecule has 0 N–H and O–H groups in total. The van der Waals surface area contributed by atoms with Crippen LogP contribution in [0, 0.1) is 5.41 Å². The number of benzene rings is 1. The van der Waals surface area contributed by atoms with Gasteiger partial charge in [-0.25, -0.2) is 0 Å². The Hall–Kier alpha value is -1.32. The Balaban J connectivity index is 3.05. The van der Waals surface area contributed by atoms with Crippen LogP contribution in [0.4, 0.5) is 0 Å². The number of esters is 1. The van der Waals surface area contributed by atoms with Crippen molar-refractivity contribution < 1.29 is 14.3 Å². The van der Waals surface area contributed by atoms with Crippen LogP contribution in [0.1, 0.15) is 39.2 Å². The summed E-state index contributed by atoms with van der Waals surface area (Å²) in [5.74, 6) is -0.751. The fourth-order valence-corrected chi connectivity index (χ4v) is 2.69.